The first-order valence-corrected chi connectivity index (χ1v) is 6.37. The summed E-state index contributed by atoms with van der Waals surface area (Å²) in [4.78, 5) is 26.9. The van der Waals surface area contributed by atoms with Gasteiger partial charge in [0.05, 0.1) is 5.56 Å². The molecule has 1 aliphatic carbocycles. The van der Waals surface area contributed by atoms with Gasteiger partial charge in [0.15, 0.2) is 0 Å². The Morgan fingerprint density at radius 1 is 1.35 bits per heavy atom. The van der Waals surface area contributed by atoms with Crippen LogP contribution in [0.1, 0.15) is 36.0 Å². The number of hydrogen-bond acceptors (Lipinski definition) is 3. The molecule has 0 aliphatic heterocycles. The number of rotatable bonds is 2. The molecule has 0 unspecified atom stereocenters. The van der Waals surface area contributed by atoms with Crippen LogP contribution in [0.5, 0.6) is 0 Å². The Kier molecular flexibility index (Phi) is 3.89. The van der Waals surface area contributed by atoms with E-state index in [-0.39, 0.29) is 11.9 Å². The summed E-state index contributed by atoms with van der Waals surface area (Å²) in [6.45, 7) is 0. The zero-order valence-corrected chi connectivity index (χ0v) is 10.9. The molecule has 1 amide bonds. The van der Waals surface area contributed by atoms with Gasteiger partial charge < -0.3 is 5.32 Å². The maximum Gasteiger partial charge on any atom is 0.253 e. The highest BCUT2D eigenvalue weighted by molar-refractivity contribution is 9.10. The molecule has 0 atom stereocenters. The monoisotopic (exact) mass is 296 g/mol. The average molecular weight is 297 g/mol. The molecule has 1 saturated carbocycles. The Hall–Kier alpha value is -1.23. The van der Waals surface area contributed by atoms with E-state index in [2.05, 4.69) is 26.2 Å². The Morgan fingerprint density at radius 2 is 2.06 bits per heavy atom. The molecule has 4 nitrogen and oxygen atoms in total. The summed E-state index contributed by atoms with van der Waals surface area (Å²) in [6, 6.07) is 1.84. The Bertz CT molecular complexity index is 438. The molecule has 1 aromatic rings. The van der Waals surface area contributed by atoms with Gasteiger partial charge in [0.25, 0.3) is 5.91 Å². The highest BCUT2D eigenvalue weighted by atomic mass is 79.9. The first-order valence-electron chi connectivity index (χ1n) is 5.58. The molecule has 1 N–H and O–H groups in total. The van der Waals surface area contributed by atoms with Gasteiger partial charge in [-0.05, 0) is 34.8 Å². The number of carbonyl (C=O) groups is 2. The first-order chi connectivity index (χ1) is 8.15. The predicted octanol–water partition coefficient (Wildman–Crippen LogP) is 2.09. The highest BCUT2D eigenvalue weighted by Gasteiger charge is 2.20. The molecule has 0 radical (unpaired) electrons. The van der Waals surface area contributed by atoms with Gasteiger partial charge in [-0.1, -0.05) is 0 Å². The molecule has 0 aromatic carbocycles. The molecule has 0 saturated heterocycles. The quantitative estimate of drug-likeness (QED) is 0.909. The second-order valence-electron chi connectivity index (χ2n) is 4.18. The van der Waals surface area contributed by atoms with Crippen LogP contribution in [0.25, 0.3) is 0 Å². The van der Waals surface area contributed by atoms with E-state index in [0.29, 0.717) is 24.2 Å². The maximum atomic E-state index is 11.9. The van der Waals surface area contributed by atoms with Gasteiger partial charge in [0.1, 0.15) is 5.78 Å². The van der Waals surface area contributed by atoms with E-state index in [9.17, 15) is 9.59 Å². The molecule has 90 valence electrons. The highest BCUT2D eigenvalue weighted by Crippen LogP contribution is 2.16. The van der Waals surface area contributed by atoms with Crippen LogP contribution < -0.4 is 5.32 Å². The van der Waals surface area contributed by atoms with Crippen molar-refractivity contribution in [2.75, 3.05) is 0 Å². The summed E-state index contributed by atoms with van der Waals surface area (Å²) in [7, 11) is 0. The zero-order valence-electron chi connectivity index (χ0n) is 9.28. The van der Waals surface area contributed by atoms with Gasteiger partial charge in [-0.3, -0.25) is 14.6 Å². The van der Waals surface area contributed by atoms with Crippen LogP contribution in [0.3, 0.4) is 0 Å². The second kappa shape index (κ2) is 5.40. The van der Waals surface area contributed by atoms with Crippen LogP contribution in [-0.4, -0.2) is 22.7 Å². The van der Waals surface area contributed by atoms with Gasteiger partial charge in [-0.2, -0.15) is 0 Å². The van der Waals surface area contributed by atoms with Crippen molar-refractivity contribution in [1.82, 2.24) is 10.3 Å². The largest absolute Gasteiger partial charge is 0.349 e. The zero-order chi connectivity index (χ0) is 12.3. The Morgan fingerprint density at radius 3 is 2.71 bits per heavy atom. The van der Waals surface area contributed by atoms with Crippen molar-refractivity contribution in [1.29, 1.82) is 0 Å². The first kappa shape index (κ1) is 12.2. The fourth-order valence-electron chi connectivity index (χ4n) is 1.89. The van der Waals surface area contributed by atoms with E-state index >= 15 is 0 Å². The minimum atomic E-state index is -0.127. The van der Waals surface area contributed by atoms with Gasteiger partial charge >= 0.3 is 0 Å². The van der Waals surface area contributed by atoms with E-state index in [0.717, 1.165) is 17.3 Å². The second-order valence-corrected chi connectivity index (χ2v) is 5.09. The third-order valence-electron chi connectivity index (χ3n) is 2.85. The summed E-state index contributed by atoms with van der Waals surface area (Å²) in [6.07, 6.45) is 5.80. The number of ketones is 1. The number of amides is 1. The lowest BCUT2D eigenvalue weighted by Crippen LogP contribution is -2.37. The van der Waals surface area contributed by atoms with Crippen molar-refractivity contribution >= 4 is 27.6 Å². The van der Waals surface area contributed by atoms with Crippen molar-refractivity contribution < 1.29 is 9.59 Å². The smallest absolute Gasteiger partial charge is 0.253 e. The third-order valence-corrected chi connectivity index (χ3v) is 3.28. The predicted molar refractivity (Wildman–Crippen MR) is 66.7 cm³/mol. The molecule has 0 bridgehead atoms. The molecule has 1 fully saturated rings. The number of aromatic nitrogens is 1. The van der Waals surface area contributed by atoms with E-state index in [1.165, 1.54) is 6.20 Å². The van der Waals surface area contributed by atoms with Crippen LogP contribution >= 0.6 is 15.9 Å². The summed E-state index contributed by atoms with van der Waals surface area (Å²) in [5, 5.41) is 2.93. The molecule has 2 rings (SSSR count). The van der Waals surface area contributed by atoms with Gasteiger partial charge in [-0.15, -0.1) is 0 Å². The third kappa shape index (κ3) is 3.36. The number of hydrogen-bond donors (Lipinski definition) is 1. The van der Waals surface area contributed by atoms with Crippen molar-refractivity contribution in [2.24, 2.45) is 0 Å². The summed E-state index contributed by atoms with van der Waals surface area (Å²) >= 11 is 3.28. The minimum Gasteiger partial charge on any atom is -0.349 e. The van der Waals surface area contributed by atoms with Crippen molar-refractivity contribution in [3.63, 3.8) is 0 Å². The van der Waals surface area contributed by atoms with Crippen molar-refractivity contribution in [3.8, 4) is 0 Å². The van der Waals surface area contributed by atoms with Crippen LogP contribution in [0.15, 0.2) is 22.9 Å². The SMILES string of the molecule is O=C1CCC(NC(=O)c2cncc(Br)c2)CC1. The molecule has 0 spiro atoms. The Balaban J connectivity index is 1.95. The summed E-state index contributed by atoms with van der Waals surface area (Å²) in [5.74, 6) is 0.165. The molecule has 1 aliphatic rings. The van der Waals surface area contributed by atoms with Crippen LogP contribution in [0, 0.1) is 0 Å². The molecule has 1 heterocycles. The standard InChI is InChI=1S/C12H13BrN2O2/c13-9-5-8(6-14-7-9)12(17)15-10-1-3-11(16)4-2-10/h5-7,10H,1-4H2,(H,15,17). The lowest BCUT2D eigenvalue weighted by molar-refractivity contribution is -0.120. The molecule has 17 heavy (non-hydrogen) atoms. The van der Waals surface area contributed by atoms with Gasteiger partial charge in [0.2, 0.25) is 0 Å². The van der Waals surface area contributed by atoms with Crippen LogP contribution in [-0.2, 0) is 4.79 Å². The molecular weight excluding hydrogens is 284 g/mol. The van der Waals surface area contributed by atoms with E-state index in [1.54, 1.807) is 12.3 Å². The number of halogens is 1. The number of nitrogens with one attached hydrogen (secondary N) is 1. The maximum absolute atomic E-state index is 11.9. The topological polar surface area (TPSA) is 59.1 Å². The number of nitrogens with zero attached hydrogens (tertiary/aromatic N) is 1. The molecule has 1 aromatic heterocycles. The van der Waals surface area contributed by atoms with Gasteiger partial charge in [-0.25, -0.2) is 0 Å². The van der Waals surface area contributed by atoms with E-state index < -0.39 is 0 Å². The average Bonchev–Trinajstić information content (AvgIpc) is 2.32. The van der Waals surface area contributed by atoms with E-state index in [4.69, 9.17) is 0 Å². The normalized spacial score (nSPS) is 16.9. The number of carbonyl (C=O) groups excluding carboxylic acids is 2. The number of pyridine rings is 1. The van der Waals surface area contributed by atoms with Crippen molar-refractivity contribution in [3.05, 3.63) is 28.5 Å². The number of Topliss-reactive ketones (excluding diaryl/α,β-unsaturated/α-hetero) is 1. The van der Waals surface area contributed by atoms with Gasteiger partial charge in [0, 0.05) is 35.7 Å². The lowest BCUT2D eigenvalue weighted by atomic mass is 9.94. The van der Waals surface area contributed by atoms with Crippen molar-refractivity contribution in [2.45, 2.75) is 31.7 Å². The van der Waals surface area contributed by atoms with Crippen LogP contribution in [0.4, 0.5) is 0 Å². The fourth-order valence-corrected chi connectivity index (χ4v) is 2.25. The lowest BCUT2D eigenvalue weighted by Gasteiger charge is -2.22. The molecular formula is C12H13BrN2O2. The molecule has 5 heteroatoms. The fraction of sp³-hybridized carbons (Fsp3) is 0.417. The minimum absolute atomic E-state index is 0.110. The van der Waals surface area contributed by atoms with E-state index in [1.807, 2.05) is 0 Å². The van der Waals surface area contributed by atoms with Crippen LogP contribution in [0.2, 0.25) is 0 Å². The summed E-state index contributed by atoms with van der Waals surface area (Å²) < 4.78 is 0.781. The Labute approximate surface area is 108 Å². The summed E-state index contributed by atoms with van der Waals surface area (Å²) in [5.41, 5.74) is 0.538.